The molecule has 0 aliphatic carbocycles. The Kier molecular flexibility index (Phi) is 7.39. The number of urea groups is 1. The third-order valence-electron chi connectivity index (χ3n) is 4.71. The predicted molar refractivity (Wildman–Crippen MR) is 109 cm³/mol. The van der Waals surface area contributed by atoms with Crippen LogP contribution in [0, 0.1) is 5.82 Å². The Hall–Kier alpha value is -2.95. The maximum absolute atomic E-state index is 13.0. The third kappa shape index (κ3) is 6.02. The molecule has 1 fully saturated rings. The molecule has 1 heterocycles. The molecule has 3 rings (SSSR count). The molecule has 3 amide bonds. The summed E-state index contributed by atoms with van der Waals surface area (Å²) in [6, 6.07) is 14.7. The van der Waals surface area contributed by atoms with Crippen molar-refractivity contribution in [3.05, 3.63) is 66.0 Å². The molecule has 0 aromatic heterocycles. The second-order valence-corrected chi connectivity index (χ2v) is 6.86. The minimum absolute atomic E-state index is 0.0270. The van der Waals surface area contributed by atoms with Gasteiger partial charge in [0.25, 0.3) is 0 Å². The topological polar surface area (TPSA) is 102 Å². The number of benzene rings is 2. The largest absolute Gasteiger partial charge is 0.635 e. The minimum atomic E-state index is -2.07. The first-order valence-electron chi connectivity index (χ1n) is 9.59. The molecule has 8 nitrogen and oxygen atoms in total. The lowest BCUT2D eigenvalue weighted by Gasteiger charge is -2.21. The lowest BCUT2D eigenvalue weighted by atomic mass is 10.1. The zero-order chi connectivity index (χ0) is 21.5. The van der Waals surface area contributed by atoms with E-state index in [0.717, 1.165) is 5.69 Å². The number of halogens is 1. The SMILES string of the molecule is O=C(CCN1CCN(c2ccccc2)C1=O)N[C@@H](Cc1ccc(F)cc1)OB(O)O. The van der Waals surface area contributed by atoms with E-state index in [2.05, 4.69) is 5.32 Å². The number of para-hydroxylation sites is 1. The van der Waals surface area contributed by atoms with Gasteiger partial charge in [-0.3, -0.25) is 9.69 Å². The fraction of sp³-hybridized carbons (Fsp3) is 0.300. The van der Waals surface area contributed by atoms with E-state index in [4.69, 9.17) is 14.7 Å². The Morgan fingerprint density at radius 2 is 1.83 bits per heavy atom. The van der Waals surface area contributed by atoms with Gasteiger partial charge in [-0.1, -0.05) is 30.3 Å². The molecule has 1 aliphatic heterocycles. The van der Waals surface area contributed by atoms with E-state index >= 15 is 0 Å². The van der Waals surface area contributed by atoms with Gasteiger partial charge in [-0.15, -0.1) is 0 Å². The quantitative estimate of drug-likeness (QED) is 0.421. The smallest absolute Gasteiger partial charge is 0.402 e. The highest BCUT2D eigenvalue weighted by Gasteiger charge is 2.29. The van der Waals surface area contributed by atoms with Gasteiger partial charge in [0.1, 0.15) is 12.0 Å². The lowest BCUT2D eigenvalue weighted by Crippen LogP contribution is -2.43. The van der Waals surface area contributed by atoms with Crippen LogP contribution in [0.5, 0.6) is 0 Å². The van der Waals surface area contributed by atoms with E-state index in [1.807, 2.05) is 30.3 Å². The number of carbonyl (C=O) groups is 2. The molecule has 2 aromatic carbocycles. The van der Waals surface area contributed by atoms with Crippen LogP contribution < -0.4 is 10.2 Å². The second kappa shape index (κ2) is 10.2. The maximum Gasteiger partial charge on any atom is 0.635 e. The summed E-state index contributed by atoms with van der Waals surface area (Å²) in [5.74, 6) is -0.809. The highest BCUT2D eigenvalue weighted by molar-refractivity contribution is 6.32. The number of hydrogen-bond acceptors (Lipinski definition) is 5. The van der Waals surface area contributed by atoms with Crippen LogP contribution in [0.2, 0.25) is 0 Å². The van der Waals surface area contributed by atoms with Crippen molar-refractivity contribution in [1.29, 1.82) is 0 Å². The molecule has 0 saturated carbocycles. The Morgan fingerprint density at radius 1 is 1.13 bits per heavy atom. The molecular weight excluding hydrogens is 392 g/mol. The maximum atomic E-state index is 13.0. The van der Waals surface area contributed by atoms with Crippen LogP contribution in [0.3, 0.4) is 0 Å². The lowest BCUT2D eigenvalue weighted by molar-refractivity contribution is -0.124. The molecule has 1 aliphatic rings. The summed E-state index contributed by atoms with van der Waals surface area (Å²) in [5, 5.41) is 20.8. The first kappa shape index (κ1) is 21.8. The van der Waals surface area contributed by atoms with Crippen LogP contribution in [0.4, 0.5) is 14.9 Å². The van der Waals surface area contributed by atoms with Gasteiger partial charge >= 0.3 is 13.4 Å². The van der Waals surface area contributed by atoms with Crippen molar-refractivity contribution >= 4 is 24.9 Å². The standard InChI is InChI=1S/C20H23BFN3O5/c22-16-8-6-15(7-9-16)14-19(30-21(28)29)23-18(26)10-11-24-12-13-25(20(24)27)17-4-2-1-3-5-17/h1-9,19,28-29H,10-14H2,(H,23,26)/t19-/m1/s1. The zero-order valence-electron chi connectivity index (χ0n) is 16.3. The van der Waals surface area contributed by atoms with Crippen molar-refractivity contribution in [2.45, 2.75) is 19.1 Å². The molecule has 2 aromatic rings. The molecule has 1 atom stereocenters. The number of hydrogen-bond donors (Lipinski definition) is 3. The molecule has 0 unspecified atom stereocenters. The number of nitrogens with one attached hydrogen (secondary N) is 1. The van der Waals surface area contributed by atoms with Gasteiger partial charge < -0.3 is 24.9 Å². The van der Waals surface area contributed by atoms with Gasteiger partial charge in [-0.25, -0.2) is 9.18 Å². The van der Waals surface area contributed by atoms with Gasteiger partial charge in [-0.05, 0) is 29.8 Å². The average Bonchev–Trinajstić information content (AvgIpc) is 3.08. The van der Waals surface area contributed by atoms with Crippen LogP contribution >= 0.6 is 0 Å². The van der Waals surface area contributed by atoms with E-state index in [1.165, 1.54) is 24.3 Å². The summed E-state index contributed by atoms with van der Waals surface area (Å²) >= 11 is 0. The van der Waals surface area contributed by atoms with E-state index in [0.29, 0.717) is 18.7 Å². The van der Waals surface area contributed by atoms with Crippen molar-refractivity contribution in [1.82, 2.24) is 10.2 Å². The fourth-order valence-electron chi connectivity index (χ4n) is 3.24. The summed E-state index contributed by atoms with van der Waals surface area (Å²) < 4.78 is 18.0. The van der Waals surface area contributed by atoms with Crippen LogP contribution in [0.25, 0.3) is 0 Å². The molecule has 30 heavy (non-hydrogen) atoms. The molecule has 10 heteroatoms. The first-order valence-corrected chi connectivity index (χ1v) is 9.59. The van der Waals surface area contributed by atoms with E-state index in [9.17, 15) is 14.0 Å². The number of amides is 3. The molecule has 3 N–H and O–H groups in total. The molecular formula is C20H23BFN3O5. The highest BCUT2D eigenvalue weighted by Crippen LogP contribution is 2.19. The molecule has 1 saturated heterocycles. The summed E-state index contributed by atoms with van der Waals surface area (Å²) in [5.41, 5.74) is 1.45. The van der Waals surface area contributed by atoms with Gasteiger partial charge in [0.15, 0.2) is 0 Å². The summed E-state index contributed by atoms with van der Waals surface area (Å²) in [6.45, 7) is 1.27. The van der Waals surface area contributed by atoms with E-state index in [1.54, 1.807) is 9.80 Å². The number of anilines is 1. The highest BCUT2D eigenvalue weighted by atomic mass is 19.1. The van der Waals surface area contributed by atoms with Crippen molar-refractivity contribution in [3.63, 3.8) is 0 Å². The second-order valence-electron chi connectivity index (χ2n) is 6.86. The monoisotopic (exact) mass is 415 g/mol. The van der Waals surface area contributed by atoms with Crippen LogP contribution in [0.1, 0.15) is 12.0 Å². The molecule has 0 radical (unpaired) electrons. The van der Waals surface area contributed by atoms with Crippen LogP contribution in [0.15, 0.2) is 54.6 Å². The van der Waals surface area contributed by atoms with E-state index < -0.39 is 25.3 Å². The van der Waals surface area contributed by atoms with Gasteiger partial charge in [0.2, 0.25) is 5.91 Å². The van der Waals surface area contributed by atoms with Crippen molar-refractivity contribution in [2.24, 2.45) is 0 Å². The summed E-state index contributed by atoms with van der Waals surface area (Å²) in [6.07, 6.45) is -0.870. The van der Waals surface area contributed by atoms with E-state index in [-0.39, 0.29) is 25.4 Å². The average molecular weight is 415 g/mol. The normalized spacial score (nSPS) is 14.7. The predicted octanol–water partition coefficient (Wildman–Crippen LogP) is 1.13. The van der Waals surface area contributed by atoms with Crippen LogP contribution in [-0.2, 0) is 15.9 Å². The number of nitrogens with zero attached hydrogens (tertiary/aromatic N) is 2. The van der Waals surface area contributed by atoms with Crippen molar-refractivity contribution in [3.8, 4) is 0 Å². The van der Waals surface area contributed by atoms with Crippen molar-refractivity contribution in [2.75, 3.05) is 24.5 Å². The van der Waals surface area contributed by atoms with Gasteiger partial charge in [0.05, 0.1) is 0 Å². The summed E-state index contributed by atoms with van der Waals surface area (Å²) in [7, 11) is -2.07. The van der Waals surface area contributed by atoms with Gasteiger partial charge in [0, 0.05) is 38.2 Å². The Labute approximate surface area is 174 Å². The van der Waals surface area contributed by atoms with Crippen LogP contribution in [-0.4, -0.2) is 60.1 Å². The zero-order valence-corrected chi connectivity index (χ0v) is 16.3. The Bertz CT molecular complexity index is 853. The van der Waals surface area contributed by atoms with Gasteiger partial charge in [-0.2, -0.15) is 0 Å². The Balaban J connectivity index is 1.51. The molecule has 0 spiro atoms. The molecule has 158 valence electrons. The fourth-order valence-corrected chi connectivity index (χ4v) is 3.24. The number of rotatable bonds is 9. The first-order chi connectivity index (χ1) is 14.4. The summed E-state index contributed by atoms with van der Waals surface area (Å²) in [4.78, 5) is 28.1. The number of carbonyl (C=O) groups excluding carboxylic acids is 2. The van der Waals surface area contributed by atoms with Crippen molar-refractivity contribution < 1.29 is 28.7 Å². The third-order valence-corrected chi connectivity index (χ3v) is 4.71. The Morgan fingerprint density at radius 3 is 2.50 bits per heavy atom. The molecule has 0 bridgehead atoms. The minimum Gasteiger partial charge on any atom is -0.402 e.